The zero-order chi connectivity index (χ0) is 19.7. The Labute approximate surface area is 162 Å². The van der Waals surface area contributed by atoms with Crippen molar-refractivity contribution in [3.63, 3.8) is 0 Å². The van der Waals surface area contributed by atoms with Crippen LogP contribution in [0.2, 0.25) is 0 Å². The second-order valence-corrected chi connectivity index (χ2v) is 6.86. The quantitative estimate of drug-likeness (QED) is 0.634. The highest BCUT2D eigenvalue weighted by Crippen LogP contribution is 2.46. The van der Waals surface area contributed by atoms with Gasteiger partial charge in [0.05, 0.1) is 5.54 Å². The summed E-state index contributed by atoms with van der Waals surface area (Å²) in [7, 11) is 1.73. The van der Waals surface area contributed by atoms with E-state index in [0.717, 1.165) is 29.5 Å². The Morgan fingerprint density at radius 3 is 2.36 bits per heavy atom. The number of nitrogens with one attached hydrogen (secondary N) is 2. The second kappa shape index (κ2) is 6.92. The molecule has 1 heterocycles. The maximum atomic E-state index is 13.1. The molecule has 1 aliphatic rings. The molecule has 0 radical (unpaired) electrons. The van der Waals surface area contributed by atoms with Gasteiger partial charge in [-0.3, -0.25) is 4.79 Å². The van der Waals surface area contributed by atoms with Crippen LogP contribution in [0.3, 0.4) is 0 Å². The molecule has 3 aromatic rings. The maximum Gasteiger partial charge on any atom is 0.251 e. The minimum atomic E-state index is -0.373. The van der Waals surface area contributed by atoms with Crippen molar-refractivity contribution in [2.45, 2.75) is 18.4 Å². The maximum absolute atomic E-state index is 13.1. The number of benzene rings is 2. The minimum absolute atomic E-state index is 0.207. The lowest BCUT2D eigenvalue weighted by atomic mass is 10.00. The molecule has 4 rings (SSSR count). The molecule has 1 saturated carbocycles. The van der Waals surface area contributed by atoms with Gasteiger partial charge in [-0.1, -0.05) is 24.3 Å². The normalized spacial score (nSPS) is 14.4. The fourth-order valence-electron chi connectivity index (χ4n) is 3.21. The van der Waals surface area contributed by atoms with Crippen LogP contribution in [0.1, 0.15) is 28.8 Å². The number of nitrogens with zero attached hydrogens (tertiary/aromatic N) is 2. The zero-order valence-corrected chi connectivity index (χ0v) is 15.4. The summed E-state index contributed by atoms with van der Waals surface area (Å²) in [4.78, 5) is 20.9. The van der Waals surface area contributed by atoms with Crippen molar-refractivity contribution in [3.8, 4) is 11.1 Å². The van der Waals surface area contributed by atoms with Crippen molar-refractivity contribution in [3.05, 3.63) is 71.7 Å². The Morgan fingerprint density at radius 2 is 1.79 bits per heavy atom. The summed E-state index contributed by atoms with van der Waals surface area (Å²) in [5.74, 6) is 0.303. The van der Waals surface area contributed by atoms with Gasteiger partial charge in [0.25, 0.3) is 5.91 Å². The number of nitrogens with two attached hydrogens (primary N) is 1. The van der Waals surface area contributed by atoms with E-state index >= 15 is 0 Å². The lowest BCUT2D eigenvalue weighted by molar-refractivity contribution is 0.0931. The first-order valence-corrected chi connectivity index (χ1v) is 9.00. The predicted molar refractivity (Wildman–Crippen MR) is 106 cm³/mol. The molecule has 1 amide bonds. The SMILES string of the molecule is CNc1ncc(-c2ccc(C3(NC(=O)c4ccc(F)cc4)CC3)cc2)c(N)n1. The number of carbonyl (C=O) groups is 1. The Balaban J connectivity index is 1.53. The van der Waals surface area contributed by atoms with E-state index in [4.69, 9.17) is 5.73 Å². The van der Waals surface area contributed by atoms with E-state index in [1.807, 2.05) is 24.3 Å². The largest absolute Gasteiger partial charge is 0.383 e. The first kappa shape index (κ1) is 17.9. The fourth-order valence-corrected chi connectivity index (χ4v) is 3.21. The van der Waals surface area contributed by atoms with Gasteiger partial charge in [-0.25, -0.2) is 9.37 Å². The lowest BCUT2D eigenvalue weighted by Gasteiger charge is -2.19. The molecule has 4 N–H and O–H groups in total. The minimum Gasteiger partial charge on any atom is -0.383 e. The third kappa shape index (κ3) is 3.38. The van der Waals surface area contributed by atoms with Crippen LogP contribution >= 0.6 is 0 Å². The summed E-state index contributed by atoms with van der Waals surface area (Å²) in [5, 5.41) is 5.94. The van der Waals surface area contributed by atoms with Crippen LogP contribution in [0.25, 0.3) is 11.1 Å². The van der Waals surface area contributed by atoms with E-state index in [1.165, 1.54) is 24.3 Å². The standard InChI is InChI=1S/C21H20FN5O/c1-24-20-25-12-17(18(23)26-20)13-2-6-15(7-3-13)21(10-11-21)27-19(28)14-4-8-16(22)9-5-14/h2-9,12H,10-11H2,1H3,(H,27,28)(H3,23,24,25,26). The van der Waals surface area contributed by atoms with Gasteiger partial charge in [-0.15, -0.1) is 0 Å². The number of anilines is 2. The summed E-state index contributed by atoms with van der Waals surface area (Å²) in [6.07, 6.45) is 3.41. The van der Waals surface area contributed by atoms with E-state index in [2.05, 4.69) is 20.6 Å². The van der Waals surface area contributed by atoms with Gasteiger partial charge < -0.3 is 16.4 Å². The number of halogens is 1. The predicted octanol–water partition coefficient (Wildman–Crippen LogP) is 3.33. The average molecular weight is 377 g/mol. The molecule has 2 aromatic carbocycles. The first-order chi connectivity index (χ1) is 13.5. The van der Waals surface area contributed by atoms with Crippen molar-refractivity contribution >= 4 is 17.7 Å². The van der Waals surface area contributed by atoms with Gasteiger partial charge >= 0.3 is 0 Å². The van der Waals surface area contributed by atoms with Gasteiger partial charge in [0, 0.05) is 24.4 Å². The Bertz CT molecular complexity index is 1010. The summed E-state index contributed by atoms with van der Waals surface area (Å²) in [5.41, 5.74) is 8.79. The van der Waals surface area contributed by atoms with E-state index in [0.29, 0.717) is 17.3 Å². The molecule has 1 aromatic heterocycles. The Morgan fingerprint density at radius 1 is 1.11 bits per heavy atom. The van der Waals surface area contributed by atoms with Crippen LogP contribution in [0.5, 0.6) is 0 Å². The number of carbonyl (C=O) groups excluding carboxylic acids is 1. The third-order valence-electron chi connectivity index (χ3n) is 5.00. The van der Waals surface area contributed by atoms with Crippen LogP contribution in [0, 0.1) is 5.82 Å². The monoisotopic (exact) mass is 377 g/mol. The molecule has 0 unspecified atom stereocenters. The molecule has 0 bridgehead atoms. The highest BCUT2D eigenvalue weighted by atomic mass is 19.1. The van der Waals surface area contributed by atoms with E-state index < -0.39 is 0 Å². The van der Waals surface area contributed by atoms with Crippen LogP contribution < -0.4 is 16.4 Å². The van der Waals surface area contributed by atoms with Crippen LogP contribution in [0.15, 0.2) is 54.7 Å². The van der Waals surface area contributed by atoms with Crippen LogP contribution in [-0.4, -0.2) is 22.9 Å². The summed E-state index contributed by atoms with van der Waals surface area (Å²) in [6.45, 7) is 0. The smallest absolute Gasteiger partial charge is 0.251 e. The van der Waals surface area contributed by atoms with Crippen molar-refractivity contribution in [2.24, 2.45) is 0 Å². The molecular formula is C21H20FN5O. The summed E-state index contributed by atoms with van der Waals surface area (Å²) < 4.78 is 13.1. The van der Waals surface area contributed by atoms with Crippen molar-refractivity contribution in [1.82, 2.24) is 15.3 Å². The molecule has 0 atom stereocenters. The van der Waals surface area contributed by atoms with Gasteiger partial charge in [0.1, 0.15) is 11.6 Å². The number of amides is 1. The molecule has 7 heteroatoms. The third-order valence-corrected chi connectivity index (χ3v) is 5.00. The van der Waals surface area contributed by atoms with Gasteiger partial charge in [0.15, 0.2) is 0 Å². The fraction of sp³-hybridized carbons (Fsp3) is 0.190. The second-order valence-electron chi connectivity index (χ2n) is 6.86. The van der Waals surface area contributed by atoms with Crippen molar-refractivity contribution in [2.75, 3.05) is 18.1 Å². The Hall–Kier alpha value is -3.48. The zero-order valence-electron chi connectivity index (χ0n) is 15.4. The summed E-state index contributed by atoms with van der Waals surface area (Å²) >= 11 is 0. The number of hydrogen-bond acceptors (Lipinski definition) is 5. The highest BCUT2D eigenvalue weighted by Gasteiger charge is 2.45. The molecule has 142 valence electrons. The highest BCUT2D eigenvalue weighted by molar-refractivity contribution is 5.95. The van der Waals surface area contributed by atoms with E-state index in [9.17, 15) is 9.18 Å². The number of aromatic nitrogens is 2. The number of hydrogen-bond donors (Lipinski definition) is 3. The molecule has 1 fully saturated rings. The lowest BCUT2D eigenvalue weighted by Crippen LogP contribution is -2.34. The van der Waals surface area contributed by atoms with E-state index in [1.54, 1.807) is 13.2 Å². The van der Waals surface area contributed by atoms with Gasteiger partial charge in [0.2, 0.25) is 5.95 Å². The molecule has 0 spiro atoms. The summed E-state index contributed by atoms with van der Waals surface area (Å²) in [6, 6.07) is 13.4. The van der Waals surface area contributed by atoms with E-state index in [-0.39, 0.29) is 17.3 Å². The van der Waals surface area contributed by atoms with Crippen LogP contribution in [-0.2, 0) is 5.54 Å². The molecule has 6 nitrogen and oxygen atoms in total. The van der Waals surface area contributed by atoms with Gasteiger partial charge in [-0.2, -0.15) is 4.98 Å². The first-order valence-electron chi connectivity index (χ1n) is 9.00. The van der Waals surface area contributed by atoms with Crippen LogP contribution in [0.4, 0.5) is 16.2 Å². The molecule has 1 aliphatic carbocycles. The molecule has 28 heavy (non-hydrogen) atoms. The molecular weight excluding hydrogens is 357 g/mol. The van der Waals surface area contributed by atoms with Crippen molar-refractivity contribution in [1.29, 1.82) is 0 Å². The topological polar surface area (TPSA) is 92.9 Å². The van der Waals surface area contributed by atoms with Gasteiger partial charge in [-0.05, 0) is 48.2 Å². The molecule has 0 aliphatic heterocycles. The number of rotatable bonds is 5. The number of nitrogen functional groups attached to an aromatic ring is 1. The Kier molecular flexibility index (Phi) is 4.43. The van der Waals surface area contributed by atoms with Crippen molar-refractivity contribution < 1.29 is 9.18 Å². The average Bonchev–Trinajstić information content (AvgIpc) is 3.49. The molecule has 0 saturated heterocycles.